The molecule has 0 amide bonds. The number of aliphatic hydroxyl groups excluding tert-OH is 1. The number of hydrogen-bond donors (Lipinski definition) is 4. The fraction of sp³-hybridized carbons (Fsp3) is 0.250. The number of nitrogens with two attached hydrogens (primary N) is 2. The van der Waals surface area contributed by atoms with E-state index in [0.29, 0.717) is 30.3 Å². The van der Waals surface area contributed by atoms with Crippen LogP contribution in [-0.2, 0) is 13.1 Å². The van der Waals surface area contributed by atoms with E-state index in [0.717, 1.165) is 5.69 Å². The lowest BCUT2D eigenvalue weighted by Gasteiger charge is -2.04. The van der Waals surface area contributed by atoms with Crippen molar-refractivity contribution in [3.05, 3.63) is 36.0 Å². The summed E-state index contributed by atoms with van der Waals surface area (Å²) >= 11 is 0. The Hall–Kier alpha value is -2.21. The molecule has 6 N–H and O–H groups in total. The number of aromatic nitrogens is 2. The monoisotopic (exact) mass is 247 g/mol. The van der Waals surface area contributed by atoms with Crippen molar-refractivity contribution in [1.82, 2.24) is 9.78 Å². The number of nitrogens with zero attached hydrogens (tertiary/aromatic N) is 2. The summed E-state index contributed by atoms with van der Waals surface area (Å²) < 4.78 is 1.51. The molecule has 6 nitrogen and oxygen atoms in total. The molecule has 0 bridgehead atoms. The molecular weight excluding hydrogens is 230 g/mol. The average molecular weight is 247 g/mol. The van der Waals surface area contributed by atoms with E-state index in [4.69, 9.17) is 16.6 Å². The number of nitrogen functional groups attached to an aromatic ring is 2. The van der Waals surface area contributed by atoms with Crippen molar-refractivity contribution in [3.63, 3.8) is 0 Å². The Bertz CT molecular complexity index is 509. The molecule has 2 rings (SSSR count). The molecule has 0 fully saturated rings. The molecular formula is C12H17N5O. The van der Waals surface area contributed by atoms with Crippen molar-refractivity contribution in [1.29, 1.82) is 0 Å². The lowest BCUT2D eigenvalue weighted by Crippen LogP contribution is -2.08. The van der Waals surface area contributed by atoms with Crippen LogP contribution in [0.4, 0.5) is 17.2 Å². The van der Waals surface area contributed by atoms with E-state index in [1.165, 1.54) is 4.68 Å². The Morgan fingerprint density at radius 3 is 2.61 bits per heavy atom. The van der Waals surface area contributed by atoms with Gasteiger partial charge in [0.15, 0.2) is 0 Å². The number of aliphatic hydroxyl groups is 1. The van der Waals surface area contributed by atoms with Crippen molar-refractivity contribution in [2.24, 2.45) is 0 Å². The zero-order valence-corrected chi connectivity index (χ0v) is 10.0. The maximum absolute atomic E-state index is 8.88. The van der Waals surface area contributed by atoms with Crippen LogP contribution < -0.4 is 16.8 Å². The summed E-state index contributed by atoms with van der Waals surface area (Å²) in [6, 6.07) is 9.77. The van der Waals surface area contributed by atoms with Crippen LogP contribution in [0.1, 0.15) is 5.69 Å². The highest BCUT2D eigenvalue weighted by Crippen LogP contribution is 2.20. The van der Waals surface area contributed by atoms with Crippen LogP contribution in [0.2, 0.25) is 0 Å². The summed E-state index contributed by atoms with van der Waals surface area (Å²) in [5.74, 6) is 0.397. The van der Waals surface area contributed by atoms with Gasteiger partial charge in [0.2, 0.25) is 0 Å². The van der Waals surface area contributed by atoms with E-state index in [1.54, 1.807) is 0 Å². The van der Waals surface area contributed by atoms with Gasteiger partial charge in [-0.3, -0.25) is 0 Å². The zero-order valence-electron chi connectivity index (χ0n) is 10.0. The van der Waals surface area contributed by atoms with Gasteiger partial charge in [0.05, 0.1) is 25.4 Å². The third kappa shape index (κ3) is 2.54. The van der Waals surface area contributed by atoms with Crippen LogP contribution in [0.3, 0.4) is 0 Å². The smallest absolute Gasteiger partial charge is 0.145 e. The number of hydrogen-bond acceptors (Lipinski definition) is 5. The summed E-state index contributed by atoms with van der Waals surface area (Å²) in [6.07, 6.45) is 0. The first-order chi connectivity index (χ1) is 8.72. The molecule has 1 heterocycles. The largest absolute Gasteiger partial charge is 0.394 e. The average Bonchev–Trinajstić information content (AvgIpc) is 2.66. The van der Waals surface area contributed by atoms with E-state index in [2.05, 4.69) is 10.4 Å². The third-order valence-electron chi connectivity index (χ3n) is 2.65. The minimum Gasteiger partial charge on any atom is -0.394 e. The minimum absolute atomic E-state index is 0.0170. The van der Waals surface area contributed by atoms with E-state index >= 15 is 0 Å². The van der Waals surface area contributed by atoms with Crippen LogP contribution in [0.5, 0.6) is 0 Å². The molecule has 0 aliphatic carbocycles. The minimum atomic E-state index is -0.0170. The van der Waals surface area contributed by atoms with E-state index in [9.17, 15) is 0 Å². The quantitative estimate of drug-likeness (QED) is 0.621. The molecule has 0 aliphatic rings. The van der Waals surface area contributed by atoms with E-state index in [1.807, 2.05) is 30.3 Å². The van der Waals surface area contributed by atoms with Gasteiger partial charge in [-0.25, -0.2) is 4.68 Å². The van der Waals surface area contributed by atoms with Crippen molar-refractivity contribution in [2.75, 3.05) is 23.4 Å². The van der Waals surface area contributed by atoms with Crippen molar-refractivity contribution >= 4 is 17.2 Å². The standard InChI is InChI=1S/C12H17N5O/c13-11-10(16-17(6-7-18)12(11)14)8-15-9-4-2-1-3-5-9/h1-5,15,18H,6-8,13-14H2. The fourth-order valence-corrected chi connectivity index (χ4v) is 1.68. The van der Waals surface area contributed by atoms with Crippen molar-refractivity contribution < 1.29 is 5.11 Å². The highest BCUT2D eigenvalue weighted by molar-refractivity contribution is 5.63. The van der Waals surface area contributed by atoms with Gasteiger partial charge >= 0.3 is 0 Å². The number of para-hydroxylation sites is 1. The first-order valence-corrected chi connectivity index (χ1v) is 5.72. The van der Waals surface area contributed by atoms with Gasteiger partial charge in [0, 0.05) is 5.69 Å². The molecule has 0 unspecified atom stereocenters. The molecule has 2 aromatic rings. The molecule has 18 heavy (non-hydrogen) atoms. The van der Waals surface area contributed by atoms with Gasteiger partial charge in [-0.05, 0) is 12.1 Å². The summed E-state index contributed by atoms with van der Waals surface area (Å²) in [6.45, 7) is 0.830. The number of nitrogens with one attached hydrogen (secondary N) is 1. The van der Waals surface area contributed by atoms with Crippen LogP contribution in [0, 0.1) is 0 Å². The second-order valence-electron chi connectivity index (χ2n) is 3.91. The predicted octanol–water partition coefficient (Wildman–Crippen LogP) is 0.652. The molecule has 1 aromatic heterocycles. The SMILES string of the molecule is Nc1c(CNc2ccccc2)nn(CCO)c1N. The highest BCUT2D eigenvalue weighted by atomic mass is 16.3. The summed E-state index contributed by atoms with van der Waals surface area (Å²) in [5, 5.41) is 16.3. The lowest BCUT2D eigenvalue weighted by atomic mass is 10.3. The van der Waals surface area contributed by atoms with Gasteiger partial charge in [0.25, 0.3) is 0 Å². The Labute approximate surface area is 105 Å². The summed E-state index contributed by atoms with van der Waals surface area (Å²) in [5.41, 5.74) is 13.8. The Morgan fingerprint density at radius 1 is 1.22 bits per heavy atom. The van der Waals surface area contributed by atoms with Crippen LogP contribution in [-0.4, -0.2) is 21.5 Å². The highest BCUT2D eigenvalue weighted by Gasteiger charge is 2.11. The van der Waals surface area contributed by atoms with E-state index < -0.39 is 0 Å². The van der Waals surface area contributed by atoms with Gasteiger partial charge in [-0.2, -0.15) is 5.10 Å². The van der Waals surface area contributed by atoms with Gasteiger partial charge in [-0.15, -0.1) is 0 Å². The number of rotatable bonds is 5. The predicted molar refractivity (Wildman–Crippen MR) is 71.9 cm³/mol. The van der Waals surface area contributed by atoms with Gasteiger partial charge in [-0.1, -0.05) is 18.2 Å². The molecule has 6 heteroatoms. The summed E-state index contributed by atoms with van der Waals surface area (Å²) in [7, 11) is 0. The summed E-state index contributed by atoms with van der Waals surface area (Å²) in [4.78, 5) is 0. The fourth-order valence-electron chi connectivity index (χ4n) is 1.68. The van der Waals surface area contributed by atoms with Crippen LogP contribution in [0.25, 0.3) is 0 Å². The zero-order chi connectivity index (χ0) is 13.0. The molecule has 0 radical (unpaired) electrons. The van der Waals surface area contributed by atoms with Gasteiger partial charge < -0.3 is 21.9 Å². The second-order valence-corrected chi connectivity index (χ2v) is 3.91. The maximum Gasteiger partial charge on any atom is 0.145 e. The van der Waals surface area contributed by atoms with Gasteiger partial charge in [0.1, 0.15) is 11.5 Å². The lowest BCUT2D eigenvalue weighted by molar-refractivity contribution is 0.270. The van der Waals surface area contributed by atoms with Crippen molar-refractivity contribution in [3.8, 4) is 0 Å². The topological polar surface area (TPSA) is 102 Å². The Kier molecular flexibility index (Phi) is 3.69. The first-order valence-electron chi connectivity index (χ1n) is 5.72. The second kappa shape index (κ2) is 5.42. The molecule has 1 aromatic carbocycles. The third-order valence-corrected chi connectivity index (χ3v) is 2.65. The molecule has 0 saturated heterocycles. The number of anilines is 3. The van der Waals surface area contributed by atoms with Crippen LogP contribution in [0.15, 0.2) is 30.3 Å². The van der Waals surface area contributed by atoms with E-state index in [-0.39, 0.29) is 6.61 Å². The molecule has 0 aliphatic heterocycles. The molecule has 0 saturated carbocycles. The number of benzene rings is 1. The first kappa shape index (κ1) is 12.3. The molecule has 0 atom stereocenters. The maximum atomic E-state index is 8.88. The Morgan fingerprint density at radius 2 is 1.94 bits per heavy atom. The molecule has 0 spiro atoms. The molecule has 96 valence electrons. The Balaban J connectivity index is 2.08. The van der Waals surface area contributed by atoms with Crippen molar-refractivity contribution in [2.45, 2.75) is 13.1 Å². The van der Waals surface area contributed by atoms with Crippen LogP contribution >= 0.6 is 0 Å². The normalized spacial score (nSPS) is 10.5.